The van der Waals surface area contributed by atoms with E-state index < -0.39 is 0 Å². The van der Waals surface area contributed by atoms with Crippen molar-refractivity contribution in [1.82, 2.24) is 15.1 Å². The van der Waals surface area contributed by atoms with Crippen LogP contribution in [0.3, 0.4) is 0 Å². The summed E-state index contributed by atoms with van der Waals surface area (Å²) in [4.78, 5) is 21.6. The number of guanidine groups is 1. The molecule has 0 bridgehead atoms. The number of nitrogens with one attached hydrogen (secondary N) is 1. The lowest BCUT2D eigenvalue weighted by Crippen LogP contribution is -2.55. The lowest BCUT2D eigenvalue weighted by Gasteiger charge is -2.37. The third-order valence-corrected chi connectivity index (χ3v) is 5.45. The van der Waals surface area contributed by atoms with E-state index in [2.05, 4.69) is 41.4 Å². The summed E-state index contributed by atoms with van der Waals surface area (Å²) in [6, 6.07) is 8.44. The fraction of sp³-hybridized carbons (Fsp3) is 0.652. The Labute approximate surface area is 203 Å². The molecular formula is C23H37IN4O3. The minimum absolute atomic E-state index is 0. The van der Waals surface area contributed by atoms with Gasteiger partial charge in [-0.3, -0.25) is 4.79 Å². The number of rotatable bonds is 7. The van der Waals surface area contributed by atoms with E-state index >= 15 is 0 Å². The highest BCUT2D eigenvalue weighted by atomic mass is 127. The van der Waals surface area contributed by atoms with Crippen molar-refractivity contribution < 1.29 is 14.3 Å². The summed E-state index contributed by atoms with van der Waals surface area (Å²) < 4.78 is 11.2. The largest absolute Gasteiger partial charge is 0.374 e. The molecule has 3 rings (SSSR count). The van der Waals surface area contributed by atoms with Crippen molar-refractivity contribution in [1.29, 1.82) is 0 Å². The van der Waals surface area contributed by atoms with Crippen LogP contribution in [0.2, 0.25) is 0 Å². The summed E-state index contributed by atoms with van der Waals surface area (Å²) in [7, 11) is 0. The number of halogens is 1. The average Bonchev–Trinajstić information content (AvgIpc) is 3.30. The number of hydrogen-bond acceptors (Lipinski definition) is 4. The van der Waals surface area contributed by atoms with Crippen LogP contribution in [0.4, 0.5) is 0 Å². The van der Waals surface area contributed by atoms with Gasteiger partial charge in [-0.25, -0.2) is 4.99 Å². The lowest BCUT2D eigenvalue weighted by atomic mass is 10.1. The number of piperazine rings is 1. The van der Waals surface area contributed by atoms with Gasteiger partial charge in [0.2, 0.25) is 0 Å². The summed E-state index contributed by atoms with van der Waals surface area (Å²) in [5.41, 5.74) is 2.35. The minimum atomic E-state index is -0.229. The number of benzene rings is 1. The van der Waals surface area contributed by atoms with E-state index in [1.165, 1.54) is 11.1 Å². The number of carbonyl (C=O) groups is 1. The van der Waals surface area contributed by atoms with E-state index in [1.54, 1.807) is 0 Å². The van der Waals surface area contributed by atoms with Gasteiger partial charge in [0.25, 0.3) is 5.91 Å². The monoisotopic (exact) mass is 544 g/mol. The van der Waals surface area contributed by atoms with Crippen LogP contribution in [0.5, 0.6) is 0 Å². The quantitative estimate of drug-likeness (QED) is 0.325. The van der Waals surface area contributed by atoms with Crippen LogP contribution < -0.4 is 5.32 Å². The van der Waals surface area contributed by atoms with Gasteiger partial charge in [-0.1, -0.05) is 24.3 Å². The molecule has 0 spiro atoms. The first kappa shape index (κ1) is 25.9. The molecule has 0 aliphatic carbocycles. The molecule has 1 atom stereocenters. The summed E-state index contributed by atoms with van der Waals surface area (Å²) in [5, 5.41) is 3.39. The smallest absolute Gasteiger partial charge is 0.251 e. The Bertz CT molecular complexity index is 697. The number of carbonyl (C=O) groups excluding carboxylic acids is 1. The summed E-state index contributed by atoms with van der Waals surface area (Å²) in [6.07, 6.45) is 1.84. The number of hydrogen-bond donors (Lipinski definition) is 1. The van der Waals surface area contributed by atoms with E-state index in [0.29, 0.717) is 32.8 Å². The number of nitrogens with zero attached hydrogens (tertiary/aromatic N) is 3. The second-order valence-electron chi connectivity index (χ2n) is 8.16. The summed E-state index contributed by atoms with van der Waals surface area (Å²) >= 11 is 0. The van der Waals surface area contributed by atoms with E-state index in [-0.39, 0.29) is 42.1 Å². The Morgan fingerprint density at radius 1 is 1.16 bits per heavy atom. The molecule has 8 heteroatoms. The van der Waals surface area contributed by atoms with Gasteiger partial charge in [-0.15, -0.1) is 24.0 Å². The first-order chi connectivity index (χ1) is 14.6. The van der Waals surface area contributed by atoms with Crippen LogP contribution in [0.15, 0.2) is 29.3 Å². The zero-order valence-electron chi connectivity index (χ0n) is 19.0. The van der Waals surface area contributed by atoms with Crippen molar-refractivity contribution in [2.75, 3.05) is 39.3 Å². The van der Waals surface area contributed by atoms with E-state index in [0.717, 1.165) is 38.4 Å². The molecule has 2 fully saturated rings. The maximum absolute atomic E-state index is 12.6. The van der Waals surface area contributed by atoms with Gasteiger partial charge >= 0.3 is 0 Å². The minimum Gasteiger partial charge on any atom is -0.374 e. The summed E-state index contributed by atoms with van der Waals surface area (Å²) in [5.74, 6) is 1.06. The molecule has 1 amide bonds. The topological polar surface area (TPSA) is 66.4 Å². The van der Waals surface area contributed by atoms with Gasteiger partial charge in [0.15, 0.2) is 5.96 Å². The molecule has 1 aromatic rings. The van der Waals surface area contributed by atoms with Gasteiger partial charge in [0, 0.05) is 39.3 Å². The molecule has 1 unspecified atom stereocenters. The third-order valence-electron chi connectivity index (χ3n) is 5.45. The number of ether oxygens (including phenoxy) is 2. The Morgan fingerprint density at radius 2 is 1.81 bits per heavy atom. The fourth-order valence-electron chi connectivity index (χ4n) is 3.71. The molecule has 0 aromatic heterocycles. The van der Waals surface area contributed by atoms with Crippen molar-refractivity contribution >= 4 is 35.8 Å². The van der Waals surface area contributed by atoms with Gasteiger partial charge in [-0.05, 0) is 44.7 Å². The molecule has 1 N–H and O–H groups in total. The molecule has 1 aromatic carbocycles. The third kappa shape index (κ3) is 7.91. The van der Waals surface area contributed by atoms with Crippen molar-refractivity contribution in [3.05, 3.63) is 35.4 Å². The maximum atomic E-state index is 12.6. The Morgan fingerprint density at radius 3 is 2.39 bits per heavy atom. The summed E-state index contributed by atoms with van der Waals surface area (Å²) in [6.45, 7) is 12.0. The zero-order chi connectivity index (χ0) is 21.3. The first-order valence-corrected chi connectivity index (χ1v) is 11.2. The Kier molecular flexibility index (Phi) is 11.0. The van der Waals surface area contributed by atoms with E-state index in [9.17, 15) is 4.79 Å². The van der Waals surface area contributed by atoms with Crippen LogP contribution in [-0.4, -0.2) is 73.2 Å². The number of amides is 1. The SMILES string of the molecule is CCNC(=NCc1ccc(COC(C)C)cc1)N1CCN(C(=O)C2CCCO2)CC1.I. The normalized spacial score (nSPS) is 19.5. The predicted octanol–water partition coefficient (Wildman–Crippen LogP) is 3.02. The van der Waals surface area contributed by atoms with Crippen molar-refractivity contribution in [2.24, 2.45) is 4.99 Å². The molecule has 0 saturated carbocycles. The molecule has 2 aliphatic rings. The predicted molar refractivity (Wildman–Crippen MR) is 134 cm³/mol. The highest BCUT2D eigenvalue weighted by Gasteiger charge is 2.30. The van der Waals surface area contributed by atoms with Gasteiger partial charge in [0.1, 0.15) is 6.10 Å². The lowest BCUT2D eigenvalue weighted by molar-refractivity contribution is -0.142. The molecule has 2 aliphatic heterocycles. The zero-order valence-corrected chi connectivity index (χ0v) is 21.3. The van der Waals surface area contributed by atoms with Crippen LogP contribution in [-0.2, 0) is 27.4 Å². The first-order valence-electron chi connectivity index (χ1n) is 11.2. The molecular weight excluding hydrogens is 507 g/mol. The Hall–Kier alpha value is -1.39. The second kappa shape index (κ2) is 13.2. The second-order valence-corrected chi connectivity index (χ2v) is 8.16. The van der Waals surface area contributed by atoms with Gasteiger partial charge in [0.05, 0.1) is 19.3 Å². The van der Waals surface area contributed by atoms with Crippen LogP contribution in [0, 0.1) is 0 Å². The molecule has 2 heterocycles. The van der Waals surface area contributed by atoms with Crippen LogP contribution in [0.1, 0.15) is 44.7 Å². The molecule has 31 heavy (non-hydrogen) atoms. The van der Waals surface area contributed by atoms with Crippen molar-refractivity contribution in [3.8, 4) is 0 Å². The molecule has 7 nitrogen and oxygen atoms in total. The number of aliphatic imine (C=N–C) groups is 1. The molecule has 174 valence electrons. The highest BCUT2D eigenvalue weighted by Crippen LogP contribution is 2.16. The maximum Gasteiger partial charge on any atom is 0.251 e. The van der Waals surface area contributed by atoms with Crippen LogP contribution in [0.25, 0.3) is 0 Å². The van der Waals surface area contributed by atoms with Gasteiger partial charge in [-0.2, -0.15) is 0 Å². The molecule has 2 saturated heterocycles. The fourth-order valence-corrected chi connectivity index (χ4v) is 3.71. The van der Waals surface area contributed by atoms with Crippen LogP contribution >= 0.6 is 24.0 Å². The average molecular weight is 544 g/mol. The highest BCUT2D eigenvalue weighted by molar-refractivity contribution is 14.0. The standard InChI is InChI=1S/C23H36N4O3.HI/c1-4-24-23(25-16-19-7-9-20(10-8-19)17-30-18(2)3)27-13-11-26(12-14-27)22(28)21-6-5-15-29-21;/h7-10,18,21H,4-6,11-17H2,1-3H3,(H,24,25);1H. The van der Waals surface area contributed by atoms with Crippen molar-refractivity contribution in [2.45, 2.75) is 59.0 Å². The van der Waals surface area contributed by atoms with Gasteiger partial charge < -0.3 is 24.6 Å². The Balaban J connectivity index is 0.00000341. The van der Waals surface area contributed by atoms with E-state index in [1.807, 2.05) is 18.7 Å². The van der Waals surface area contributed by atoms with Crippen molar-refractivity contribution in [3.63, 3.8) is 0 Å². The molecule has 0 radical (unpaired) electrons. The van der Waals surface area contributed by atoms with E-state index in [4.69, 9.17) is 14.5 Å².